The standard InChI is InChI=1S/C15H14F3N5O3/c1-2-26-12(25)14(15(16,17)18,23-13-20-7-4-8-21-13)22-11(24)10-5-3-6-19-9-10/h3-9H,2H2,1H3,(H,22,24)(H,20,21,23). The molecule has 26 heavy (non-hydrogen) atoms. The van der Waals surface area contributed by atoms with Gasteiger partial charge in [0.2, 0.25) is 5.95 Å². The maximum Gasteiger partial charge on any atom is 0.442 e. The van der Waals surface area contributed by atoms with Crippen molar-refractivity contribution in [2.75, 3.05) is 11.9 Å². The highest BCUT2D eigenvalue weighted by Gasteiger charge is 2.64. The van der Waals surface area contributed by atoms with E-state index in [-0.39, 0.29) is 12.2 Å². The van der Waals surface area contributed by atoms with Gasteiger partial charge in [0.05, 0.1) is 12.2 Å². The Kier molecular flexibility index (Phi) is 5.70. The van der Waals surface area contributed by atoms with E-state index in [2.05, 4.69) is 19.7 Å². The van der Waals surface area contributed by atoms with Crippen LogP contribution in [0.3, 0.4) is 0 Å². The summed E-state index contributed by atoms with van der Waals surface area (Å²) >= 11 is 0. The number of esters is 1. The third-order valence-corrected chi connectivity index (χ3v) is 3.10. The van der Waals surface area contributed by atoms with Gasteiger partial charge in [-0.2, -0.15) is 13.2 Å². The van der Waals surface area contributed by atoms with Crippen molar-refractivity contribution < 1.29 is 27.5 Å². The molecule has 1 unspecified atom stereocenters. The van der Waals surface area contributed by atoms with Crippen LogP contribution in [0.5, 0.6) is 0 Å². The molecule has 1 amide bonds. The summed E-state index contributed by atoms with van der Waals surface area (Å²) < 4.78 is 46.1. The zero-order valence-corrected chi connectivity index (χ0v) is 13.4. The summed E-state index contributed by atoms with van der Waals surface area (Å²) in [5, 5.41) is 3.49. The molecular weight excluding hydrogens is 355 g/mol. The molecule has 0 aromatic carbocycles. The van der Waals surface area contributed by atoms with Crippen LogP contribution in [-0.2, 0) is 9.53 Å². The molecule has 2 N–H and O–H groups in total. The number of aromatic nitrogens is 3. The van der Waals surface area contributed by atoms with Crippen molar-refractivity contribution in [3.05, 3.63) is 48.5 Å². The van der Waals surface area contributed by atoms with E-state index in [0.717, 1.165) is 6.20 Å². The van der Waals surface area contributed by atoms with Crippen molar-refractivity contribution in [3.8, 4) is 0 Å². The average Bonchev–Trinajstić information content (AvgIpc) is 2.62. The molecule has 2 heterocycles. The molecule has 0 saturated heterocycles. The molecule has 0 aliphatic carbocycles. The number of nitrogens with one attached hydrogen (secondary N) is 2. The minimum Gasteiger partial charge on any atom is -0.463 e. The number of alkyl halides is 3. The number of hydrogen-bond acceptors (Lipinski definition) is 7. The SMILES string of the molecule is CCOC(=O)C(NC(=O)c1cccnc1)(Nc1ncccn1)C(F)(F)F. The molecule has 0 bridgehead atoms. The summed E-state index contributed by atoms with van der Waals surface area (Å²) in [5.74, 6) is -3.46. The Morgan fingerprint density at radius 3 is 2.38 bits per heavy atom. The Hall–Kier alpha value is -3.24. The first-order valence-corrected chi connectivity index (χ1v) is 7.32. The fourth-order valence-corrected chi connectivity index (χ4v) is 1.90. The Bertz CT molecular complexity index is 758. The summed E-state index contributed by atoms with van der Waals surface area (Å²) in [5.41, 5.74) is -3.77. The topological polar surface area (TPSA) is 106 Å². The van der Waals surface area contributed by atoms with Crippen LogP contribution in [0.4, 0.5) is 19.1 Å². The number of halogens is 3. The number of anilines is 1. The predicted molar refractivity (Wildman–Crippen MR) is 82.8 cm³/mol. The molecule has 0 fully saturated rings. The quantitative estimate of drug-likeness (QED) is 0.588. The van der Waals surface area contributed by atoms with Crippen LogP contribution < -0.4 is 10.6 Å². The van der Waals surface area contributed by atoms with Crippen molar-refractivity contribution in [2.24, 2.45) is 0 Å². The highest BCUT2D eigenvalue weighted by molar-refractivity contribution is 5.99. The molecule has 2 rings (SSSR count). The third kappa shape index (κ3) is 4.05. The predicted octanol–water partition coefficient (Wildman–Crippen LogP) is 1.54. The highest BCUT2D eigenvalue weighted by atomic mass is 19.4. The van der Waals surface area contributed by atoms with E-state index < -0.39 is 29.7 Å². The van der Waals surface area contributed by atoms with Crippen molar-refractivity contribution >= 4 is 17.8 Å². The van der Waals surface area contributed by atoms with Gasteiger partial charge in [0, 0.05) is 24.8 Å². The smallest absolute Gasteiger partial charge is 0.442 e. The maximum atomic E-state index is 13.9. The second-order valence-corrected chi connectivity index (χ2v) is 4.86. The maximum absolute atomic E-state index is 13.9. The number of carbonyl (C=O) groups excluding carboxylic acids is 2. The lowest BCUT2D eigenvalue weighted by molar-refractivity contribution is -0.204. The number of amides is 1. The molecule has 0 aliphatic heterocycles. The molecule has 2 aromatic heterocycles. The molecule has 0 saturated carbocycles. The molecule has 2 aromatic rings. The summed E-state index contributed by atoms with van der Waals surface area (Å²) in [7, 11) is 0. The number of nitrogens with zero attached hydrogens (tertiary/aromatic N) is 3. The lowest BCUT2D eigenvalue weighted by Gasteiger charge is -2.34. The van der Waals surface area contributed by atoms with E-state index >= 15 is 0 Å². The summed E-state index contributed by atoms with van der Waals surface area (Å²) in [6, 6.07) is 3.98. The minimum atomic E-state index is -5.27. The van der Waals surface area contributed by atoms with E-state index in [1.54, 1.807) is 5.32 Å². The molecule has 0 radical (unpaired) electrons. The first-order valence-electron chi connectivity index (χ1n) is 7.32. The zero-order chi connectivity index (χ0) is 19.2. The number of hydrogen-bond donors (Lipinski definition) is 2. The fourth-order valence-electron chi connectivity index (χ4n) is 1.90. The second kappa shape index (κ2) is 7.76. The Morgan fingerprint density at radius 2 is 1.85 bits per heavy atom. The Labute approximate surface area is 145 Å². The van der Waals surface area contributed by atoms with Crippen LogP contribution in [0.25, 0.3) is 0 Å². The minimum absolute atomic E-state index is 0.179. The van der Waals surface area contributed by atoms with Gasteiger partial charge in [0.15, 0.2) is 0 Å². The normalized spacial score (nSPS) is 13.4. The van der Waals surface area contributed by atoms with Gasteiger partial charge in [0.25, 0.3) is 5.91 Å². The van der Waals surface area contributed by atoms with Crippen molar-refractivity contribution in [1.82, 2.24) is 20.3 Å². The number of rotatable bonds is 6. The van der Waals surface area contributed by atoms with E-state index in [1.165, 1.54) is 43.7 Å². The van der Waals surface area contributed by atoms with Crippen LogP contribution in [0.1, 0.15) is 17.3 Å². The lowest BCUT2D eigenvalue weighted by atomic mass is 10.1. The van der Waals surface area contributed by atoms with Crippen LogP contribution in [0.2, 0.25) is 0 Å². The molecular formula is C15H14F3N5O3. The number of pyridine rings is 1. The van der Waals surface area contributed by atoms with Crippen LogP contribution >= 0.6 is 0 Å². The van der Waals surface area contributed by atoms with Gasteiger partial charge in [-0.15, -0.1) is 0 Å². The Morgan fingerprint density at radius 1 is 1.15 bits per heavy atom. The number of ether oxygens (including phenoxy) is 1. The molecule has 8 nitrogen and oxygen atoms in total. The first kappa shape index (κ1) is 19.1. The van der Waals surface area contributed by atoms with Gasteiger partial charge in [-0.3, -0.25) is 9.78 Å². The van der Waals surface area contributed by atoms with Crippen LogP contribution in [0, 0.1) is 0 Å². The third-order valence-electron chi connectivity index (χ3n) is 3.10. The summed E-state index contributed by atoms with van der Waals surface area (Å²) in [6.45, 7) is 0.998. The summed E-state index contributed by atoms with van der Waals surface area (Å²) in [6.07, 6.45) is -0.527. The van der Waals surface area contributed by atoms with Crippen LogP contribution in [-0.4, -0.2) is 45.3 Å². The number of carbonyl (C=O) groups is 2. The van der Waals surface area contributed by atoms with E-state index in [1.807, 2.05) is 5.32 Å². The molecule has 138 valence electrons. The van der Waals surface area contributed by atoms with E-state index in [9.17, 15) is 22.8 Å². The van der Waals surface area contributed by atoms with E-state index in [0.29, 0.717) is 0 Å². The van der Waals surface area contributed by atoms with Gasteiger partial charge >= 0.3 is 17.8 Å². The first-order chi connectivity index (χ1) is 12.3. The fraction of sp³-hybridized carbons (Fsp3) is 0.267. The largest absolute Gasteiger partial charge is 0.463 e. The second-order valence-electron chi connectivity index (χ2n) is 4.86. The van der Waals surface area contributed by atoms with Crippen LogP contribution in [0.15, 0.2) is 43.0 Å². The van der Waals surface area contributed by atoms with E-state index in [4.69, 9.17) is 0 Å². The van der Waals surface area contributed by atoms with Crippen molar-refractivity contribution in [3.63, 3.8) is 0 Å². The molecule has 11 heteroatoms. The molecule has 1 atom stereocenters. The van der Waals surface area contributed by atoms with Gasteiger partial charge < -0.3 is 15.4 Å². The summed E-state index contributed by atoms with van der Waals surface area (Å²) in [4.78, 5) is 35.3. The highest BCUT2D eigenvalue weighted by Crippen LogP contribution is 2.32. The molecule has 0 aliphatic rings. The monoisotopic (exact) mass is 369 g/mol. The lowest BCUT2D eigenvalue weighted by Crippen LogP contribution is -2.69. The molecule has 0 spiro atoms. The Balaban J connectivity index is 2.47. The van der Waals surface area contributed by atoms with Gasteiger partial charge in [-0.05, 0) is 25.1 Å². The van der Waals surface area contributed by atoms with Gasteiger partial charge in [0.1, 0.15) is 0 Å². The van der Waals surface area contributed by atoms with Crippen molar-refractivity contribution in [2.45, 2.75) is 18.8 Å². The zero-order valence-electron chi connectivity index (χ0n) is 13.4. The van der Waals surface area contributed by atoms with Crippen molar-refractivity contribution in [1.29, 1.82) is 0 Å². The van der Waals surface area contributed by atoms with Gasteiger partial charge in [-0.25, -0.2) is 14.8 Å². The van der Waals surface area contributed by atoms with Gasteiger partial charge in [-0.1, -0.05) is 0 Å². The average molecular weight is 369 g/mol.